The van der Waals surface area contributed by atoms with E-state index in [2.05, 4.69) is 253 Å². The number of hydrogen-bond acceptors (Lipinski definition) is 3. The van der Waals surface area contributed by atoms with Crippen LogP contribution in [0.25, 0.3) is 78.0 Å². The third-order valence-corrected chi connectivity index (χ3v) is 15.2. The summed E-state index contributed by atoms with van der Waals surface area (Å²) in [7, 11) is 0. The summed E-state index contributed by atoms with van der Waals surface area (Å²) < 4.78 is 4.71. The molecule has 0 saturated carbocycles. The third-order valence-electron chi connectivity index (χ3n) is 15.2. The number of pyridine rings is 1. The van der Waals surface area contributed by atoms with Gasteiger partial charge in [0.05, 0.1) is 38.9 Å². The fraction of sp³-hybridized carbons (Fsp3) is 0.194. The molecule has 0 fully saturated rings. The highest BCUT2D eigenvalue weighted by Crippen LogP contribution is 2.55. The zero-order valence-corrected chi connectivity index (χ0v) is 42.7. The molecule has 8 aromatic carbocycles. The van der Waals surface area contributed by atoms with E-state index in [1.807, 2.05) is 12.3 Å². The summed E-state index contributed by atoms with van der Waals surface area (Å²) in [6.45, 7) is 20.1. The SMILES string of the molecule is CC(C)(C)c1ccc(-n2c(-c3cc(C(C)(C)C)cc(C(C)(C)C)c3O)nc3c(-c4ccc5c(c4)-n4c6ncccc6c6cccc(c64)C5(c4ccccc4)c4ccccc4)cccc32)c(-c2ccccc2)c1. The predicted octanol–water partition coefficient (Wildman–Crippen LogP) is 16.8. The predicted molar refractivity (Wildman–Crippen MR) is 299 cm³/mol. The maximum Gasteiger partial charge on any atom is 0.149 e. The summed E-state index contributed by atoms with van der Waals surface area (Å²) in [6.07, 6.45) is 1.91. The molecule has 5 nitrogen and oxygen atoms in total. The summed E-state index contributed by atoms with van der Waals surface area (Å²) in [5.41, 5.74) is 17.7. The monoisotopic (exact) mass is 936 g/mol. The molecule has 3 aromatic heterocycles. The molecular formula is C67H60N4O. The molecule has 1 aliphatic rings. The summed E-state index contributed by atoms with van der Waals surface area (Å²) >= 11 is 0. The zero-order valence-electron chi connectivity index (χ0n) is 42.7. The second-order valence-corrected chi connectivity index (χ2v) is 22.8. The van der Waals surface area contributed by atoms with Crippen molar-refractivity contribution in [2.24, 2.45) is 0 Å². The minimum Gasteiger partial charge on any atom is -0.507 e. The molecule has 4 heterocycles. The second kappa shape index (κ2) is 16.3. The molecule has 0 unspecified atom stereocenters. The smallest absolute Gasteiger partial charge is 0.149 e. The minimum absolute atomic E-state index is 0.0896. The first-order valence-corrected chi connectivity index (χ1v) is 25.3. The van der Waals surface area contributed by atoms with Crippen LogP contribution in [0.3, 0.4) is 0 Å². The van der Waals surface area contributed by atoms with Gasteiger partial charge in [0, 0.05) is 33.7 Å². The van der Waals surface area contributed by atoms with Crippen molar-refractivity contribution < 1.29 is 5.11 Å². The van der Waals surface area contributed by atoms with Crippen LogP contribution in [0.5, 0.6) is 5.75 Å². The van der Waals surface area contributed by atoms with E-state index in [4.69, 9.17) is 9.97 Å². The van der Waals surface area contributed by atoms with Crippen molar-refractivity contribution in [3.63, 3.8) is 0 Å². The van der Waals surface area contributed by atoms with Gasteiger partial charge in [0.25, 0.3) is 0 Å². The molecule has 0 atom stereocenters. The van der Waals surface area contributed by atoms with Crippen LogP contribution in [-0.4, -0.2) is 24.2 Å². The molecule has 5 heteroatoms. The number of fused-ring (bicyclic) bond motifs is 6. The molecule has 354 valence electrons. The maximum atomic E-state index is 12.7. The lowest BCUT2D eigenvalue weighted by molar-refractivity contribution is 0.446. The first kappa shape index (κ1) is 45.1. The highest BCUT2D eigenvalue weighted by atomic mass is 16.3. The summed E-state index contributed by atoms with van der Waals surface area (Å²) in [5.74, 6) is 0.941. The van der Waals surface area contributed by atoms with Crippen LogP contribution in [0, 0.1) is 0 Å². The van der Waals surface area contributed by atoms with Gasteiger partial charge in [-0.2, -0.15) is 0 Å². The molecule has 0 saturated heterocycles. The van der Waals surface area contributed by atoms with Crippen molar-refractivity contribution in [2.75, 3.05) is 0 Å². The van der Waals surface area contributed by atoms with E-state index in [1.165, 1.54) is 33.2 Å². The lowest BCUT2D eigenvalue weighted by Crippen LogP contribution is -2.35. The average Bonchev–Trinajstić information content (AvgIpc) is 3.93. The van der Waals surface area contributed by atoms with E-state index >= 15 is 0 Å². The van der Waals surface area contributed by atoms with Crippen LogP contribution >= 0.6 is 0 Å². The number of aromatic nitrogens is 4. The minimum atomic E-state index is -0.644. The number of rotatable bonds is 6. The quantitative estimate of drug-likeness (QED) is 0.181. The van der Waals surface area contributed by atoms with E-state index in [1.54, 1.807) is 0 Å². The highest BCUT2D eigenvalue weighted by Gasteiger charge is 2.45. The Labute approximate surface area is 423 Å². The maximum absolute atomic E-state index is 12.7. The van der Waals surface area contributed by atoms with Gasteiger partial charge in [-0.1, -0.05) is 208 Å². The Morgan fingerprint density at radius 2 is 1.10 bits per heavy atom. The van der Waals surface area contributed by atoms with Crippen molar-refractivity contribution in [1.29, 1.82) is 0 Å². The summed E-state index contributed by atoms with van der Waals surface area (Å²) in [4.78, 5) is 10.9. The van der Waals surface area contributed by atoms with E-state index in [-0.39, 0.29) is 22.0 Å². The largest absolute Gasteiger partial charge is 0.507 e. The highest BCUT2D eigenvalue weighted by molar-refractivity contribution is 6.11. The Balaban J connectivity index is 1.20. The molecule has 72 heavy (non-hydrogen) atoms. The zero-order chi connectivity index (χ0) is 49.9. The molecule has 12 rings (SSSR count). The fourth-order valence-electron chi connectivity index (χ4n) is 11.6. The van der Waals surface area contributed by atoms with Gasteiger partial charge >= 0.3 is 0 Å². The number of nitrogens with zero attached hydrogens (tertiary/aromatic N) is 4. The van der Waals surface area contributed by atoms with Gasteiger partial charge in [-0.25, -0.2) is 9.97 Å². The number of benzene rings is 8. The van der Waals surface area contributed by atoms with Gasteiger partial charge < -0.3 is 5.11 Å². The fourth-order valence-corrected chi connectivity index (χ4v) is 11.6. The van der Waals surface area contributed by atoms with Crippen LogP contribution in [-0.2, 0) is 21.7 Å². The van der Waals surface area contributed by atoms with Crippen molar-refractivity contribution >= 4 is 33.0 Å². The molecule has 0 spiro atoms. The lowest BCUT2D eigenvalue weighted by atomic mass is 9.63. The number of hydrogen-bond donors (Lipinski definition) is 1. The van der Waals surface area contributed by atoms with Gasteiger partial charge in [-0.15, -0.1) is 0 Å². The first-order chi connectivity index (χ1) is 34.5. The number of phenolic OH excluding ortho intramolecular Hbond substituents is 1. The van der Waals surface area contributed by atoms with Crippen LogP contribution < -0.4 is 0 Å². The van der Waals surface area contributed by atoms with Crippen LogP contribution in [0.4, 0.5) is 0 Å². The number of aromatic hydroxyl groups is 1. The molecular weight excluding hydrogens is 877 g/mol. The van der Waals surface area contributed by atoms with Crippen LogP contribution in [0.1, 0.15) is 101 Å². The van der Waals surface area contributed by atoms with Crippen molar-refractivity contribution in [1.82, 2.24) is 19.1 Å². The van der Waals surface area contributed by atoms with Crippen molar-refractivity contribution in [3.8, 4) is 50.8 Å². The molecule has 0 bridgehead atoms. The van der Waals surface area contributed by atoms with Gasteiger partial charge in [0.15, 0.2) is 0 Å². The number of phenols is 1. The van der Waals surface area contributed by atoms with E-state index in [9.17, 15) is 5.11 Å². The molecule has 1 N–H and O–H groups in total. The number of imidazole rings is 1. The topological polar surface area (TPSA) is 55.9 Å². The standard InChI is InChI=1S/C67H60N4O/c1-64(2,3)46-34-36-56(51(39-46)42-22-13-10-14-23-42)70-57-32-20-28-48(59(57)69-63(70)52-40-47(65(4,5)6)41-55(61(52)72)66(7,8)9)43-33-35-53-58(38-43)71-60-49(50-30-21-37-68-62(50)71)29-19-31-54(60)67(53,44-24-15-11-16-25-44)45-26-17-12-18-27-45/h10-41,72H,1-9H3. The molecule has 1 aliphatic heterocycles. The van der Waals surface area contributed by atoms with Crippen molar-refractivity contribution in [3.05, 3.63) is 233 Å². The third kappa shape index (κ3) is 6.88. The average molecular weight is 937 g/mol. The van der Waals surface area contributed by atoms with E-state index in [0.717, 1.165) is 72.3 Å². The molecule has 0 radical (unpaired) electrons. The Kier molecular flexibility index (Phi) is 10.2. The molecule has 0 amide bonds. The Morgan fingerprint density at radius 3 is 1.76 bits per heavy atom. The lowest BCUT2D eigenvalue weighted by Gasteiger charge is -2.41. The van der Waals surface area contributed by atoms with Gasteiger partial charge in [-0.3, -0.25) is 9.13 Å². The Hall–Kier alpha value is -8.02. The summed E-state index contributed by atoms with van der Waals surface area (Å²) in [5, 5.41) is 15.0. The van der Waals surface area contributed by atoms with Crippen LogP contribution in [0.2, 0.25) is 0 Å². The van der Waals surface area contributed by atoms with Crippen LogP contribution in [0.15, 0.2) is 194 Å². The molecule has 0 aliphatic carbocycles. The second-order valence-electron chi connectivity index (χ2n) is 22.8. The normalized spacial score (nSPS) is 13.5. The Morgan fingerprint density at radius 1 is 0.458 bits per heavy atom. The van der Waals surface area contributed by atoms with E-state index < -0.39 is 5.41 Å². The Bertz CT molecular complexity index is 3870. The summed E-state index contributed by atoms with van der Waals surface area (Å²) in [6, 6.07) is 68.5. The first-order valence-electron chi connectivity index (χ1n) is 25.3. The molecule has 11 aromatic rings. The van der Waals surface area contributed by atoms with Gasteiger partial charge in [0.1, 0.15) is 17.2 Å². The number of para-hydroxylation sites is 2. The van der Waals surface area contributed by atoms with Crippen molar-refractivity contribution in [2.45, 2.75) is 84.0 Å². The van der Waals surface area contributed by atoms with E-state index in [0.29, 0.717) is 11.4 Å². The van der Waals surface area contributed by atoms with Gasteiger partial charge in [-0.05, 0) is 103 Å². The van der Waals surface area contributed by atoms with Gasteiger partial charge in [0.2, 0.25) is 0 Å².